The van der Waals surface area contributed by atoms with E-state index in [0.29, 0.717) is 11.4 Å². The number of anilines is 1. The summed E-state index contributed by atoms with van der Waals surface area (Å²) in [6.07, 6.45) is -0.665. The molecule has 0 spiro atoms. The van der Waals surface area contributed by atoms with Crippen LogP contribution in [-0.4, -0.2) is 24.1 Å². The van der Waals surface area contributed by atoms with Gasteiger partial charge < -0.3 is 20.1 Å². The van der Waals surface area contributed by atoms with Gasteiger partial charge in [-0.25, -0.2) is 9.18 Å². The molecule has 0 aliphatic heterocycles. The minimum absolute atomic E-state index is 0.117. The summed E-state index contributed by atoms with van der Waals surface area (Å²) in [5, 5.41) is 4.99. The van der Waals surface area contributed by atoms with Gasteiger partial charge in [0.05, 0.1) is 0 Å². The Morgan fingerprint density at radius 2 is 1.69 bits per heavy atom. The molecular weight excluding hydrogens is 339 g/mol. The number of halogens is 1. The lowest BCUT2D eigenvalue weighted by Gasteiger charge is -2.19. The number of nitrogens with one attached hydrogen (secondary N) is 2. The standard InChI is InChI=1S/C19H21FN2O4/c1-19(2,3)26-18(24)21-12-17(23)22-13-8-10-14(11-9-13)25-16-7-5-4-6-15(16)20/h4-11H,12H2,1-3H3,(H,21,24)(H,22,23). The number of carbonyl (C=O) groups is 2. The van der Waals surface area contributed by atoms with Crippen molar-refractivity contribution < 1.29 is 23.5 Å². The van der Waals surface area contributed by atoms with Crippen molar-refractivity contribution in [1.29, 1.82) is 0 Å². The highest BCUT2D eigenvalue weighted by molar-refractivity contribution is 5.93. The summed E-state index contributed by atoms with van der Waals surface area (Å²) in [5.74, 6) is -0.317. The first-order valence-corrected chi connectivity index (χ1v) is 8.02. The van der Waals surface area contributed by atoms with E-state index in [9.17, 15) is 14.0 Å². The molecule has 0 heterocycles. The Bertz CT molecular complexity index is 770. The number of hydrogen-bond acceptors (Lipinski definition) is 4. The lowest BCUT2D eigenvalue weighted by molar-refractivity contribution is -0.115. The summed E-state index contributed by atoms with van der Waals surface area (Å²) in [5.41, 5.74) is -0.115. The van der Waals surface area contributed by atoms with Crippen LogP contribution in [0.5, 0.6) is 11.5 Å². The van der Waals surface area contributed by atoms with Crippen LogP contribution < -0.4 is 15.4 Å². The van der Waals surface area contributed by atoms with Crippen molar-refractivity contribution in [3.8, 4) is 11.5 Å². The molecule has 2 aromatic carbocycles. The summed E-state index contributed by atoms with van der Waals surface area (Å²) >= 11 is 0. The molecule has 0 aliphatic rings. The Morgan fingerprint density at radius 1 is 1.04 bits per heavy atom. The lowest BCUT2D eigenvalue weighted by Crippen LogP contribution is -2.37. The second-order valence-corrected chi connectivity index (χ2v) is 6.46. The maximum Gasteiger partial charge on any atom is 0.408 e. The topological polar surface area (TPSA) is 76.7 Å². The number of ether oxygens (including phenoxy) is 2. The Hall–Kier alpha value is -3.09. The van der Waals surface area contributed by atoms with E-state index in [1.54, 1.807) is 57.2 Å². The summed E-state index contributed by atoms with van der Waals surface area (Å²) in [4.78, 5) is 23.3. The normalized spacial score (nSPS) is 10.8. The fourth-order valence-corrected chi connectivity index (χ4v) is 1.93. The average Bonchev–Trinajstić information content (AvgIpc) is 2.55. The second kappa shape index (κ2) is 8.33. The number of alkyl carbamates (subject to hydrolysis) is 1. The molecular formula is C19H21FN2O4. The highest BCUT2D eigenvalue weighted by atomic mass is 19.1. The average molecular weight is 360 g/mol. The molecule has 0 bridgehead atoms. The molecule has 0 radical (unpaired) electrons. The fourth-order valence-electron chi connectivity index (χ4n) is 1.93. The maximum atomic E-state index is 13.6. The van der Waals surface area contributed by atoms with Crippen molar-refractivity contribution in [2.24, 2.45) is 0 Å². The van der Waals surface area contributed by atoms with Crippen molar-refractivity contribution in [2.75, 3.05) is 11.9 Å². The van der Waals surface area contributed by atoms with Crippen LogP contribution in [0.4, 0.5) is 14.9 Å². The Balaban J connectivity index is 1.84. The van der Waals surface area contributed by atoms with E-state index in [0.717, 1.165) is 0 Å². The van der Waals surface area contributed by atoms with Gasteiger partial charge >= 0.3 is 6.09 Å². The van der Waals surface area contributed by atoms with Gasteiger partial charge in [-0.05, 0) is 57.2 Å². The van der Waals surface area contributed by atoms with Crippen LogP contribution in [0.2, 0.25) is 0 Å². The molecule has 138 valence electrons. The highest BCUT2D eigenvalue weighted by Crippen LogP contribution is 2.25. The highest BCUT2D eigenvalue weighted by Gasteiger charge is 2.16. The maximum absolute atomic E-state index is 13.6. The predicted octanol–water partition coefficient (Wildman–Crippen LogP) is 4.08. The van der Waals surface area contributed by atoms with Crippen molar-refractivity contribution >= 4 is 17.7 Å². The van der Waals surface area contributed by atoms with Gasteiger partial charge in [-0.3, -0.25) is 4.79 Å². The summed E-state index contributed by atoms with van der Waals surface area (Å²) in [6.45, 7) is 4.98. The summed E-state index contributed by atoms with van der Waals surface area (Å²) in [6, 6.07) is 12.5. The number of carbonyl (C=O) groups excluding carboxylic acids is 2. The molecule has 2 N–H and O–H groups in total. The Morgan fingerprint density at radius 3 is 2.31 bits per heavy atom. The third-order valence-corrected chi connectivity index (χ3v) is 2.99. The predicted molar refractivity (Wildman–Crippen MR) is 95.8 cm³/mol. The van der Waals surface area contributed by atoms with Crippen LogP contribution >= 0.6 is 0 Å². The number of benzene rings is 2. The van der Waals surface area contributed by atoms with Gasteiger partial charge in [0.2, 0.25) is 5.91 Å². The molecule has 2 aromatic rings. The number of rotatable bonds is 5. The van der Waals surface area contributed by atoms with E-state index in [2.05, 4.69) is 10.6 Å². The first-order valence-electron chi connectivity index (χ1n) is 8.02. The molecule has 0 aromatic heterocycles. The first-order chi connectivity index (χ1) is 12.2. The van der Waals surface area contributed by atoms with E-state index in [1.165, 1.54) is 12.1 Å². The van der Waals surface area contributed by atoms with Crippen LogP contribution in [0.15, 0.2) is 48.5 Å². The minimum Gasteiger partial charge on any atom is -0.454 e. The monoisotopic (exact) mass is 360 g/mol. The van der Waals surface area contributed by atoms with Crippen molar-refractivity contribution in [3.05, 3.63) is 54.3 Å². The quantitative estimate of drug-likeness (QED) is 0.842. The Kier molecular flexibility index (Phi) is 6.16. The van der Waals surface area contributed by atoms with Gasteiger partial charge in [-0.1, -0.05) is 12.1 Å². The van der Waals surface area contributed by atoms with Gasteiger partial charge in [-0.2, -0.15) is 0 Å². The summed E-state index contributed by atoms with van der Waals surface area (Å²) in [7, 11) is 0. The largest absolute Gasteiger partial charge is 0.454 e. The van der Waals surface area contributed by atoms with Crippen molar-refractivity contribution in [1.82, 2.24) is 5.32 Å². The van der Waals surface area contributed by atoms with Gasteiger partial charge in [0.1, 0.15) is 17.9 Å². The number of para-hydroxylation sites is 1. The van der Waals surface area contributed by atoms with E-state index >= 15 is 0 Å². The molecule has 2 rings (SSSR count). The van der Waals surface area contributed by atoms with Gasteiger partial charge in [0, 0.05) is 5.69 Å². The Labute approximate surface area is 151 Å². The van der Waals surface area contributed by atoms with Crippen LogP contribution in [0.25, 0.3) is 0 Å². The molecule has 0 unspecified atom stereocenters. The molecule has 6 nitrogen and oxygen atoms in total. The molecule has 0 fully saturated rings. The summed E-state index contributed by atoms with van der Waals surface area (Å²) < 4.78 is 24.0. The molecule has 0 atom stereocenters. The molecule has 0 saturated carbocycles. The van der Waals surface area contributed by atoms with Crippen LogP contribution in [0, 0.1) is 5.82 Å². The molecule has 7 heteroatoms. The number of amides is 2. The third-order valence-electron chi connectivity index (χ3n) is 2.99. The third kappa shape index (κ3) is 6.43. The zero-order valence-electron chi connectivity index (χ0n) is 14.8. The lowest BCUT2D eigenvalue weighted by atomic mass is 10.2. The zero-order valence-corrected chi connectivity index (χ0v) is 14.8. The molecule has 0 aliphatic carbocycles. The van der Waals surface area contributed by atoms with E-state index in [-0.39, 0.29) is 12.3 Å². The van der Waals surface area contributed by atoms with E-state index < -0.39 is 23.4 Å². The van der Waals surface area contributed by atoms with Gasteiger partial charge in [0.15, 0.2) is 11.6 Å². The van der Waals surface area contributed by atoms with Crippen molar-refractivity contribution in [3.63, 3.8) is 0 Å². The molecule has 2 amide bonds. The SMILES string of the molecule is CC(C)(C)OC(=O)NCC(=O)Nc1ccc(Oc2ccccc2F)cc1. The zero-order chi connectivity index (χ0) is 19.2. The van der Waals surface area contributed by atoms with Gasteiger partial charge in [0.25, 0.3) is 0 Å². The van der Waals surface area contributed by atoms with E-state index in [1.807, 2.05) is 0 Å². The van der Waals surface area contributed by atoms with Crippen molar-refractivity contribution in [2.45, 2.75) is 26.4 Å². The molecule has 0 saturated heterocycles. The van der Waals surface area contributed by atoms with Crippen LogP contribution in [0.1, 0.15) is 20.8 Å². The molecule has 26 heavy (non-hydrogen) atoms. The van der Waals surface area contributed by atoms with Crippen LogP contribution in [-0.2, 0) is 9.53 Å². The first kappa shape index (κ1) is 19.2. The van der Waals surface area contributed by atoms with Crippen LogP contribution in [0.3, 0.4) is 0 Å². The second-order valence-electron chi connectivity index (χ2n) is 6.46. The number of hydrogen-bond donors (Lipinski definition) is 2. The fraction of sp³-hybridized carbons (Fsp3) is 0.263. The smallest absolute Gasteiger partial charge is 0.408 e. The van der Waals surface area contributed by atoms with Gasteiger partial charge in [-0.15, -0.1) is 0 Å². The minimum atomic E-state index is -0.665. The van der Waals surface area contributed by atoms with E-state index in [4.69, 9.17) is 9.47 Å².